The number of benzene rings is 2. The number of hydrogen-bond acceptors (Lipinski definition) is 6. The van der Waals surface area contributed by atoms with Gasteiger partial charge in [0.2, 0.25) is 10.0 Å². The van der Waals surface area contributed by atoms with Gasteiger partial charge in [0, 0.05) is 23.2 Å². The molecule has 3 aromatic rings. The monoisotopic (exact) mass is 429 g/mol. The lowest BCUT2D eigenvalue weighted by Gasteiger charge is -2.32. The minimum atomic E-state index is -3.31. The molecule has 0 aliphatic carbocycles. The maximum atomic E-state index is 11.7. The lowest BCUT2D eigenvalue weighted by molar-refractivity contribution is 0.415. The van der Waals surface area contributed by atoms with Gasteiger partial charge in [-0.25, -0.2) is 13.4 Å². The molecule has 152 valence electrons. The summed E-state index contributed by atoms with van der Waals surface area (Å²) in [5, 5.41) is 3.05. The third kappa shape index (κ3) is 4.54. The third-order valence-electron chi connectivity index (χ3n) is 4.86. The van der Waals surface area contributed by atoms with Crippen molar-refractivity contribution in [3.05, 3.63) is 59.1 Å². The fourth-order valence-corrected chi connectivity index (χ4v) is 5.02. The highest BCUT2D eigenvalue weighted by molar-refractivity contribution is 7.92. The molecule has 8 heteroatoms. The van der Waals surface area contributed by atoms with E-state index in [1.54, 1.807) is 18.4 Å². The standard InChI is InChI=1S/C21H23N3O3S2/c1-27-17-7-3-6-15(12-17)21-22-16(14-28-21)13-24-11-5-8-18-19(23-29(2,25)26)9-4-10-20(18)24/h3-4,6-7,9-10,12,14,23H,5,8,11,13H2,1-2H3. The summed E-state index contributed by atoms with van der Waals surface area (Å²) < 4.78 is 31.4. The van der Waals surface area contributed by atoms with Gasteiger partial charge in [0.05, 0.1) is 31.3 Å². The Hall–Kier alpha value is -2.58. The van der Waals surface area contributed by atoms with E-state index in [0.717, 1.165) is 52.7 Å². The topological polar surface area (TPSA) is 71.5 Å². The molecule has 1 aromatic heterocycles. The quantitative estimate of drug-likeness (QED) is 0.638. The van der Waals surface area contributed by atoms with Crippen LogP contribution in [0.3, 0.4) is 0 Å². The SMILES string of the molecule is COc1cccc(-c2nc(CN3CCCc4c(NS(C)(=O)=O)cccc43)cs2)c1. The normalized spacial score (nSPS) is 13.8. The van der Waals surface area contributed by atoms with Crippen LogP contribution >= 0.6 is 11.3 Å². The van der Waals surface area contributed by atoms with Crippen LogP contribution in [0.15, 0.2) is 47.8 Å². The molecular formula is C21H23N3O3S2. The average Bonchev–Trinajstić information content (AvgIpc) is 3.16. The zero-order valence-electron chi connectivity index (χ0n) is 16.4. The van der Waals surface area contributed by atoms with Gasteiger partial charge in [-0.3, -0.25) is 4.72 Å². The Bertz CT molecular complexity index is 1130. The summed E-state index contributed by atoms with van der Waals surface area (Å²) in [5.74, 6) is 0.815. The summed E-state index contributed by atoms with van der Waals surface area (Å²) in [6.07, 6.45) is 3.02. The Balaban J connectivity index is 1.58. The largest absolute Gasteiger partial charge is 0.497 e. The van der Waals surface area contributed by atoms with Crippen molar-refractivity contribution < 1.29 is 13.2 Å². The summed E-state index contributed by atoms with van der Waals surface area (Å²) >= 11 is 1.62. The van der Waals surface area contributed by atoms with Gasteiger partial charge in [-0.15, -0.1) is 11.3 Å². The molecule has 2 heterocycles. The van der Waals surface area contributed by atoms with Crippen molar-refractivity contribution in [2.75, 3.05) is 29.5 Å². The fraction of sp³-hybridized carbons (Fsp3) is 0.286. The molecule has 0 unspecified atom stereocenters. The number of fused-ring (bicyclic) bond motifs is 1. The minimum absolute atomic E-state index is 0.671. The molecule has 29 heavy (non-hydrogen) atoms. The van der Waals surface area contributed by atoms with Crippen LogP contribution in [0.4, 0.5) is 11.4 Å². The smallest absolute Gasteiger partial charge is 0.229 e. The van der Waals surface area contributed by atoms with Crippen molar-refractivity contribution in [3.8, 4) is 16.3 Å². The zero-order chi connectivity index (χ0) is 20.4. The lowest BCUT2D eigenvalue weighted by atomic mass is 10.00. The molecule has 6 nitrogen and oxygen atoms in total. The maximum Gasteiger partial charge on any atom is 0.229 e. The number of sulfonamides is 1. The van der Waals surface area contributed by atoms with E-state index in [2.05, 4.69) is 21.1 Å². The van der Waals surface area contributed by atoms with E-state index in [-0.39, 0.29) is 0 Å². The molecule has 1 N–H and O–H groups in total. The summed E-state index contributed by atoms with van der Waals surface area (Å²) in [6, 6.07) is 13.7. The van der Waals surface area contributed by atoms with Crippen LogP contribution in [0, 0.1) is 0 Å². The summed E-state index contributed by atoms with van der Waals surface area (Å²) in [5.41, 5.74) is 4.83. The molecule has 0 amide bonds. The first-order valence-electron chi connectivity index (χ1n) is 9.36. The highest BCUT2D eigenvalue weighted by Gasteiger charge is 2.21. The summed E-state index contributed by atoms with van der Waals surface area (Å²) in [7, 11) is -1.65. The van der Waals surface area contributed by atoms with E-state index in [0.29, 0.717) is 12.2 Å². The first kappa shape index (κ1) is 19.7. The number of rotatable bonds is 6. The predicted octanol–water partition coefficient (Wildman–Crippen LogP) is 4.14. The van der Waals surface area contributed by atoms with E-state index in [4.69, 9.17) is 9.72 Å². The van der Waals surface area contributed by atoms with Crippen LogP contribution in [0.5, 0.6) is 5.75 Å². The predicted molar refractivity (Wildman–Crippen MR) is 118 cm³/mol. The van der Waals surface area contributed by atoms with Gasteiger partial charge in [0.15, 0.2) is 0 Å². The molecule has 0 bridgehead atoms. The van der Waals surface area contributed by atoms with Crippen LogP contribution in [-0.2, 0) is 23.0 Å². The number of nitrogens with one attached hydrogen (secondary N) is 1. The van der Waals surface area contributed by atoms with Crippen molar-refractivity contribution in [1.29, 1.82) is 0 Å². The molecule has 0 spiro atoms. The highest BCUT2D eigenvalue weighted by atomic mass is 32.2. The van der Waals surface area contributed by atoms with E-state index >= 15 is 0 Å². The second kappa shape index (κ2) is 8.04. The van der Waals surface area contributed by atoms with Gasteiger partial charge in [0.25, 0.3) is 0 Å². The molecule has 4 rings (SSSR count). The number of aromatic nitrogens is 1. The van der Waals surface area contributed by atoms with Crippen LogP contribution < -0.4 is 14.4 Å². The van der Waals surface area contributed by atoms with Crippen molar-refractivity contribution in [2.45, 2.75) is 19.4 Å². The van der Waals surface area contributed by atoms with Gasteiger partial charge in [-0.1, -0.05) is 18.2 Å². The van der Waals surface area contributed by atoms with Crippen molar-refractivity contribution in [1.82, 2.24) is 4.98 Å². The molecule has 1 aliphatic heterocycles. The Morgan fingerprint density at radius 2 is 2.07 bits per heavy atom. The van der Waals surface area contributed by atoms with Gasteiger partial charge in [0.1, 0.15) is 10.8 Å². The Kier molecular flexibility index (Phi) is 5.47. The van der Waals surface area contributed by atoms with Gasteiger partial charge >= 0.3 is 0 Å². The number of nitrogens with zero attached hydrogens (tertiary/aromatic N) is 2. The molecule has 1 aliphatic rings. The lowest BCUT2D eigenvalue weighted by Crippen LogP contribution is -2.29. The highest BCUT2D eigenvalue weighted by Crippen LogP contribution is 2.35. The van der Waals surface area contributed by atoms with Gasteiger partial charge < -0.3 is 9.64 Å². The van der Waals surface area contributed by atoms with Gasteiger partial charge in [-0.2, -0.15) is 0 Å². The maximum absolute atomic E-state index is 11.7. The summed E-state index contributed by atoms with van der Waals surface area (Å²) in [4.78, 5) is 7.09. The molecule has 0 radical (unpaired) electrons. The van der Waals surface area contributed by atoms with Crippen LogP contribution in [-0.4, -0.2) is 33.3 Å². The summed E-state index contributed by atoms with van der Waals surface area (Å²) in [6.45, 7) is 1.61. The van der Waals surface area contributed by atoms with Crippen molar-refractivity contribution in [3.63, 3.8) is 0 Å². The van der Waals surface area contributed by atoms with E-state index in [1.807, 2.05) is 36.4 Å². The second-order valence-electron chi connectivity index (χ2n) is 7.08. The fourth-order valence-electron chi connectivity index (χ4n) is 3.62. The van der Waals surface area contributed by atoms with E-state index in [1.165, 1.54) is 6.26 Å². The number of anilines is 2. The Labute approximate surface area is 175 Å². The average molecular weight is 430 g/mol. The van der Waals surface area contributed by atoms with Gasteiger partial charge in [-0.05, 0) is 42.7 Å². The molecule has 0 saturated carbocycles. The minimum Gasteiger partial charge on any atom is -0.497 e. The second-order valence-corrected chi connectivity index (χ2v) is 9.69. The first-order chi connectivity index (χ1) is 13.9. The number of ether oxygens (including phenoxy) is 1. The van der Waals surface area contributed by atoms with E-state index < -0.39 is 10.0 Å². The van der Waals surface area contributed by atoms with Crippen molar-refractivity contribution >= 4 is 32.7 Å². The molecule has 0 fully saturated rings. The van der Waals surface area contributed by atoms with Crippen LogP contribution in [0.25, 0.3) is 10.6 Å². The Morgan fingerprint density at radius 1 is 1.24 bits per heavy atom. The first-order valence-corrected chi connectivity index (χ1v) is 12.1. The molecule has 0 atom stereocenters. The molecule has 2 aromatic carbocycles. The molecular weight excluding hydrogens is 406 g/mol. The zero-order valence-corrected chi connectivity index (χ0v) is 18.0. The van der Waals surface area contributed by atoms with Crippen LogP contribution in [0.2, 0.25) is 0 Å². The van der Waals surface area contributed by atoms with E-state index in [9.17, 15) is 8.42 Å². The number of hydrogen-bond donors (Lipinski definition) is 1. The third-order valence-corrected chi connectivity index (χ3v) is 6.39. The number of thiazole rings is 1. The molecule has 0 saturated heterocycles. The van der Waals surface area contributed by atoms with Crippen molar-refractivity contribution in [2.24, 2.45) is 0 Å². The number of methoxy groups -OCH3 is 1. The Morgan fingerprint density at radius 3 is 2.86 bits per heavy atom. The van der Waals surface area contributed by atoms with Crippen LogP contribution in [0.1, 0.15) is 17.7 Å².